The Hall–Kier alpha value is -3.21. The smallest absolute Gasteiger partial charge is 0.199 e. The molecule has 0 fully saturated rings. The molecule has 0 aromatic heterocycles. The standard InChI is InChI=1S/C21H16F2O3/c1-25-19-12-15(21(24)20-16(22)8-5-9-17(20)23)10-11-18(19)26-13-14-6-3-2-4-7-14/h2-12H,13H2,1H3. The fourth-order valence-corrected chi connectivity index (χ4v) is 2.52. The van der Waals surface area contributed by atoms with Gasteiger partial charge in [0.25, 0.3) is 0 Å². The fraction of sp³-hybridized carbons (Fsp3) is 0.0952. The minimum absolute atomic E-state index is 0.109. The maximum atomic E-state index is 13.8. The van der Waals surface area contributed by atoms with Crippen LogP contribution in [-0.4, -0.2) is 12.9 Å². The highest BCUT2D eigenvalue weighted by Crippen LogP contribution is 2.30. The number of ketones is 1. The Morgan fingerprint density at radius 3 is 2.23 bits per heavy atom. The zero-order valence-corrected chi connectivity index (χ0v) is 14.0. The zero-order valence-electron chi connectivity index (χ0n) is 14.0. The Labute approximate surface area is 149 Å². The zero-order chi connectivity index (χ0) is 18.5. The van der Waals surface area contributed by atoms with Crippen molar-refractivity contribution in [3.63, 3.8) is 0 Å². The molecule has 0 N–H and O–H groups in total. The summed E-state index contributed by atoms with van der Waals surface area (Å²) in [6.07, 6.45) is 0. The molecule has 0 saturated carbocycles. The summed E-state index contributed by atoms with van der Waals surface area (Å²) in [5.74, 6) is -1.82. The van der Waals surface area contributed by atoms with Crippen molar-refractivity contribution in [1.82, 2.24) is 0 Å². The van der Waals surface area contributed by atoms with Crippen LogP contribution in [0.3, 0.4) is 0 Å². The van der Waals surface area contributed by atoms with E-state index in [0.29, 0.717) is 18.1 Å². The summed E-state index contributed by atoms with van der Waals surface area (Å²) in [7, 11) is 1.43. The molecule has 3 rings (SSSR count). The highest BCUT2D eigenvalue weighted by atomic mass is 19.1. The number of rotatable bonds is 6. The van der Waals surface area contributed by atoms with Gasteiger partial charge in [0, 0.05) is 5.56 Å². The van der Waals surface area contributed by atoms with Crippen LogP contribution in [0.2, 0.25) is 0 Å². The molecule has 0 radical (unpaired) electrons. The van der Waals surface area contributed by atoms with Crippen molar-refractivity contribution in [2.75, 3.05) is 7.11 Å². The second kappa shape index (κ2) is 7.78. The first-order chi connectivity index (χ1) is 12.6. The first kappa shape index (κ1) is 17.6. The van der Waals surface area contributed by atoms with E-state index in [1.54, 1.807) is 6.07 Å². The largest absolute Gasteiger partial charge is 0.493 e. The van der Waals surface area contributed by atoms with Gasteiger partial charge in [-0.25, -0.2) is 8.78 Å². The second-order valence-electron chi connectivity index (χ2n) is 5.57. The average molecular weight is 354 g/mol. The fourth-order valence-electron chi connectivity index (χ4n) is 2.52. The average Bonchev–Trinajstić information content (AvgIpc) is 2.66. The van der Waals surface area contributed by atoms with Crippen molar-refractivity contribution in [2.45, 2.75) is 6.61 Å². The topological polar surface area (TPSA) is 35.5 Å². The number of carbonyl (C=O) groups excluding carboxylic acids is 1. The summed E-state index contributed by atoms with van der Waals surface area (Å²) in [4.78, 5) is 12.5. The summed E-state index contributed by atoms with van der Waals surface area (Å²) in [5.41, 5.74) is 0.494. The van der Waals surface area contributed by atoms with Crippen molar-refractivity contribution in [3.8, 4) is 11.5 Å². The van der Waals surface area contributed by atoms with Crippen LogP contribution in [0.5, 0.6) is 11.5 Å². The normalized spacial score (nSPS) is 10.4. The molecule has 0 atom stereocenters. The van der Waals surface area contributed by atoms with Crippen LogP contribution in [0.15, 0.2) is 66.7 Å². The summed E-state index contributed by atoms with van der Waals surface area (Å²) >= 11 is 0. The third-order valence-electron chi connectivity index (χ3n) is 3.85. The molecular formula is C21H16F2O3. The minimum atomic E-state index is -0.904. The maximum Gasteiger partial charge on any atom is 0.199 e. The molecule has 0 bridgehead atoms. The molecular weight excluding hydrogens is 338 g/mol. The lowest BCUT2D eigenvalue weighted by Crippen LogP contribution is -2.08. The van der Waals surface area contributed by atoms with E-state index in [9.17, 15) is 13.6 Å². The van der Waals surface area contributed by atoms with Crippen LogP contribution >= 0.6 is 0 Å². The number of hydrogen-bond donors (Lipinski definition) is 0. The van der Waals surface area contributed by atoms with Gasteiger partial charge in [-0.05, 0) is 35.9 Å². The number of methoxy groups -OCH3 is 1. The van der Waals surface area contributed by atoms with Crippen LogP contribution in [0.1, 0.15) is 21.5 Å². The summed E-state index contributed by atoms with van der Waals surface area (Å²) in [5, 5.41) is 0. The number of ether oxygens (including phenoxy) is 2. The molecule has 0 spiro atoms. The predicted molar refractivity (Wildman–Crippen MR) is 93.6 cm³/mol. The van der Waals surface area contributed by atoms with Gasteiger partial charge in [-0.3, -0.25) is 4.79 Å². The van der Waals surface area contributed by atoms with Crippen molar-refractivity contribution >= 4 is 5.78 Å². The van der Waals surface area contributed by atoms with Gasteiger partial charge in [-0.15, -0.1) is 0 Å². The van der Waals surface area contributed by atoms with Crippen molar-refractivity contribution in [3.05, 3.63) is 95.1 Å². The van der Waals surface area contributed by atoms with E-state index < -0.39 is 23.0 Å². The third-order valence-corrected chi connectivity index (χ3v) is 3.85. The summed E-state index contributed by atoms with van der Waals surface area (Å²) in [6, 6.07) is 17.3. The first-order valence-electron chi connectivity index (χ1n) is 7.93. The molecule has 0 aliphatic carbocycles. The predicted octanol–water partition coefficient (Wildman–Crippen LogP) is 4.78. The van der Waals surface area contributed by atoms with Crippen molar-refractivity contribution in [1.29, 1.82) is 0 Å². The van der Waals surface area contributed by atoms with Crippen LogP contribution in [0.4, 0.5) is 8.78 Å². The van der Waals surface area contributed by atoms with Crippen LogP contribution in [0, 0.1) is 11.6 Å². The van der Waals surface area contributed by atoms with Crippen LogP contribution in [-0.2, 0) is 6.61 Å². The van der Waals surface area contributed by atoms with Gasteiger partial charge in [-0.2, -0.15) is 0 Å². The van der Waals surface area contributed by atoms with Gasteiger partial charge in [0.2, 0.25) is 0 Å². The third kappa shape index (κ3) is 3.72. The van der Waals surface area contributed by atoms with Crippen LogP contribution in [0.25, 0.3) is 0 Å². The lowest BCUT2D eigenvalue weighted by Gasteiger charge is -2.12. The molecule has 132 valence electrons. The SMILES string of the molecule is COc1cc(C(=O)c2c(F)cccc2F)ccc1OCc1ccccc1. The Morgan fingerprint density at radius 2 is 1.58 bits per heavy atom. The highest BCUT2D eigenvalue weighted by molar-refractivity contribution is 6.09. The maximum absolute atomic E-state index is 13.8. The van der Waals surface area contributed by atoms with E-state index in [1.165, 1.54) is 25.3 Å². The molecule has 5 heteroatoms. The Bertz CT molecular complexity index is 904. The number of benzene rings is 3. The Kier molecular flexibility index (Phi) is 5.27. The second-order valence-corrected chi connectivity index (χ2v) is 5.57. The quantitative estimate of drug-likeness (QED) is 0.598. The van der Waals surface area contributed by atoms with Gasteiger partial charge in [-0.1, -0.05) is 36.4 Å². The Balaban J connectivity index is 1.85. The molecule has 0 saturated heterocycles. The van der Waals surface area contributed by atoms with E-state index in [4.69, 9.17) is 9.47 Å². The van der Waals surface area contributed by atoms with E-state index in [-0.39, 0.29) is 5.56 Å². The molecule has 3 aromatic rings. The van der Waals surface area contributed by atoms with E-state index in [1.807, 2.05) is 30.3 Å². The molecule has 0 heterocycles. The summed E-state index contributed by atoms with van der Waals surface area (Å²) in [6.45, 7) is 0.326. The lowest BCUT2D eigenvalue weighted by molar-refractivity contribution is 0.103. The number of hydrogen-bond acceptors (Lipinski definition) is 3. The lowest BCUT2D eigenvalue weighted by atomic mass is 10.0. The van der Waals surface area contributed by atoms with Gasteiger partial charge in [0.15, 0.2) is 17.3 Å². The Morgan fingerprint density at radius 1 is 0.885 bits per heavy atom. The van der Waals surface area contributed by atoms with Gasteiger partial charge in [0.1, 0.15) is 18.2 Å². The van der Waals surface area contributed by atoms with Crippen molar-refractivity contribution < 1.29 is 23.0 Å². The van der Waals surface area contributed by atoms with Gasteiger partial charge >= 0.3 is 0 Å². The molecule has 0 amide bonds. The molecule has 0 unspecified atom stereocenters. The van der Waals surface area contributed by atoms with E-state index in [2.05, 4.69) is 0 Å². The minimum Gasteiger partial charge on any atom is -0.493 e. The molecule has 0 aliphatic rings. The molecule has 26 heavy (non-hydrogen) atoms. The van der Waals surface area contributed by atoms with E-state index >= 15 is 0 Å². The molecule has 3 nitrogen and oxygen atoms in total. The molecule has 3 aromatic carbocycles. The van der Waals surface area contributed by atoms with Crippen molar-refractivity contribution in [2.24, 2.45) is 0 Å². The molecule has 0 aliphatic heterocycles. The van der Waals surface area contributed by atoms with Crippen LogP contribution < -0.4 is 9.47 Å². The summed E-state index contributed by atoms with van der Waals surface area (Å²) < 4.78 is 38.7. The van der Waals surface area contributed by atoms with Gasteiger partial charge < -0.3 is 9.47 Å². The van der Waals surface area contributed by atoms with E-state index in [0.717, 1.165) is 17.7 Å². The highest BCUT2D eigenvalue weighted by Gasteiger charge is 2.20. The number of halogens is 2. The number of carbonyl (C=O) groups is 1. The van der Waals surface area contributed by atoms with Gasteiger partial charge in [0.05, 0.1) is 12.7 Å². The monoisotopic (exact) mass is 354 g/mol. The first-order valence-corrected chi connectivity index (χ1v) is 7.93.